The van der Waals surface area contributed by atoms with Crippen molar-refractivity contribution >= 4 is 30.4 Å². The molecule has 1 unspecified atom stereocenters. The molecule has 3 N–H and O–H groups in total. The van der Waals surface area contributed by atoms with E-state index in [4.69, 9.17) is 9.16 Å². The first-order valence-electron chi connectivity index (χ1n) is 17.1. The smallest absolute Gasteiger partial charge is 0.331 e. The van der Waals surface area contributed by atoms with Crippen LogP contribution in [0.1, 0.15) is 80.1 Å². The summed E-state index contributed by atoms with van der Waals surface area (Å²) in [6.45, 7) is 11.8. The Hall–Kier alpha value is -2.36. The maximum absolute atomic E-state index is 14.1. The van der Waals surface area contributed by atoms with Crippen molar-refractivity contribution in [2.24, 2.45) is 34.0 Å². The Morgan fingerprint density at radius 1 is 1.00 bits per heavy atom. The standard InChI is InChI=1S/C38H54O7Si/c1-7-37(25-40)22-31(36(6)26(2)18-20-38(29(23-39)34(37)43)21-19-30(41)33(36)38)45-32(42)24-44-46(35(3,4)5,27-14-10-8-11-15-27)28-16-12-9-13-17-28/h8-17,26,29,31,33-34,39-40,43H,7,18-25H2,1-6H3/t26-,29-,31-,33?,34+,36+,37-,38+/m1/s1. The number of aliphatic hydroxyl groups is 3. The third-order valence-electron chi connectivity index (χ3n) is 12.8. The second kappa shape index (κ2) is 12.9. The molecule has 8 atom stereocenters. The molecule has 3 fully saturated rings. The van der Waals surface area contributed by atoms with Crippen molar-refractivity contribution in [3.05, 3.63) is 60.7 Å². The number of aliphatic hydroxyl groups excluding tert-OH is 3. The summed E-state index contributed by atoms with van der Waals surface area (Å²) in [6, 6.07) is 20.3. The number of ether oxygens (including phenoxy) is 1. The highest BCUT2D eigenvalue weighted by atomic mass is 28.4. The molecule has 46 heavy (non-hydrogen) atoms. The van der Waals surface area contributed by atoms with Gasteiger partial charge in [0, 0.05) is 35.7 Å². The fourth-order valence-electron chi connectivity index (χ4n) is 10.0. The van der Waals surface area contributed by atoms with Crippen LogP contribution >= 0.6 is 0 Å². The van der Waals surface area contributed by atoms with E-state index in [1.807, 2.05) is 43.3 Å². The first-order chi connectivity index (χ1) is 21.8. The summed E-state index contributed by atoms with van der Waals surface area (Å²) < 4.78 is 13.4. The van der Waals surface area contributed by atoms with Gasteiger partial charge in [-0.15, -0.1) is 0 Å². The van der Waals surface area contributed by atoms with Gasteiger partial charge in [-0.25, -0.2) is 4.79 Å². The third-order valence-corrected chi connectivity index (χ3v) is 17.8. The molecular formula is C38H54O7Si. The Balaban J connectivity index is 1.55. The minimum absolute atomic E-state index is 0.0471. The topological polar surface area (TPSA) is 113 Å². The molecular weight excluding hydrogens is 596 g/mol. The summed E-state index contributed by atoms with van der Waals surface area (Å²) in [5, 5.41) is 35.4. The SMILES string of the molecule is CC[C@]1(CO)C[C@@H](OC(=O)CO[Si](c2ccccc2)(c2ccccc2)C(C)(C)C)[C@@]2(C)C3C(=O)CC[C@@]3(CC[C@H]2C)[C@H](CO)[C@@H]1O. The molecule has 8 heteroatoms. The number of carbonyl (C=O) groups is 2. The first kappa shape index (κ1) is 35.0. The van der Waals surface area contributed by atoms with Gasteiger partial charge >= 0.3 is 5.97 Å². The van der Waals surface area contributed by atoms with E-state index in [1.165, 1.54) is 0 Å². The largest absolute Gasteiger partial charge is 0.460 e. The molecule has 3 aliphatic carbocycles. The minimum Gasteiger partial charge on any atom is -0.460 e. The molecule has 2 bridgehead atoms. The summed E-state index contributed by atoms with van der Waals surface area (Å²) in [5.41, 5.74) is -2.35. The molecule has 7 nitrogen and oxygen atoms in total. The predicted octanol–water partition coefficient (Wildman–Crippen LogP) is 4.64. The molecule has 252 valence electrons. The number of carbonyl (C=O) groups excluding carboxylic acids is 2. The quantitative estimate of drug-likeness (QED) is 0.268. The number of ketones is 1. The van der Waals surface area contributed by atoms with E-state index in [-0.39, 0.29) is 43.0 Å². The molecule has 3 saturated carbocycles. The van der Waals surface area contributed by atoms with Crippen molar-refractivity contribution < 1.29 is 34.1 Å². The van der Waals surface area contributed by atoms with Gasteiger partial charge in [-0.3, -0.25) is 4.79 Å². The van der Waals surface area contributed by atoms with E-state index >= 15 is 0 Å². The van der Waals surface area contributed by atoms with Crippen LogP contribution in [0.25, 0.3) is 0 Å². The zero-order chi connectivity index (χ0) is 33.5. The van der Waals surface area contributed by atoms with Crippen molar-refractivity contribution in [2.45, 2.75) is 97.3 Å². The Labute approximate surface area is 275 Å². The maximum Gasteiger partial charge on any atom is 0.331 e. The second-order valence-corrected chi connectivity index (χ2v) is 20.0. The highest BCUT2D eigenvalue weighted by Crippen LogP contribution is 2.68. The summed E-state index contributed by atoms with van der Waals surface area (Å²) in [6.07, 6.45) is 1.34. The fourth-order valence-corrected chi connectivity index (χ4v) is 14.5. The van der Waals surface area contributed by atoms with Crippen LogP contribution in [0.2, 0.25) is 5.04 Å². The van der Waals surface area contributed by atoms with Gasteiger partial charge in [-0.1, -0.05) is 102 Å². The lowest BCUT2D eigenvalue weighted by Crippen LogP contribution is -2.67. The number of esters is 1. The molecule has 0 saturated heterocycles. The van der Waals surface area contributed by atoms with E-state index in [2.05, 4.69) is 58.9 Å². The molecule has 0 spiro atoms. The summed E-state index contributed by atoms with van der Waals surface area (Å²) in [5.74, 6) is -1.34. The third kappa shape index (κ3) is 5.32. The molecule has 5 rings (SSSR count). The van der Waals surface area contributed by atoms with Crippen LogP contribution in [0.15, 0.2) is 60.7 Å². The zero-order valence-electron chi connectivity index (χ0n) is 28.5. The van der Waals surface area contributed by atoms with Gasteiger partial charge in [0.1, 0.15) is 18.5 Å². The Morgan fingerprint density at radius 3 is 2.09 bits per heavy atom. The Kier molecular flexibility index (Phi) is 9.82. The van der Waals surface area contributed by atoms with Crippen LogP contribution in [-0.2, 0) is 18.8 Å². The van der Waals surface area contributed by atoms with E-state index in [9.17, 15) is 24.9 Å². The van der Waals surface area contributed by atoms with Crippen LogP contribution in [-0.4, -0.2) is 67.4 Å². The lowest BCUT2D eigenvalue weighted by Gasteiger charge is -2.62. The van der Waals surface area contributed by atoms with Crippen molar-refractivity contribution in [1.29, 1.82) is 0 Å². The lowest BCUT2D eigenvalue weighted by molar-refractivity contribution is -0.225. The van der Waals surface area contributed by atoms with Crippen LogP contribution < -0.4 is 10.4 Å². The summed E-state index contributed by atoms with van der Waals surface area (Å²) in [7, 11) is -3.02. The van der Waals surface area contributed by atoms with Gasteiger partial charge in [0.25, 0.3) is 8.32 Å². The number of Topliss-reactive ketones (excluding diaryl/α,β-unsaturated/α-hetero) is 1. The number of benzene rings is 2. The van der Waals surface area contributed by atoms with Crippen LogP contribution in [0.5, 0.6) is 0 Å². The van der Waals surface area contributed by atoms with Gasteiger partial charge in [0.2, 0.25) is 0 Å². The van der Waals surface area contributed by atoms with E-state index in [0.29, 0.717) is 25.7 Å². The molecule has 0 heterocycles. The highest BCUT2D eigenvalue weighted by molar-refractivity contribution is 6.99. The van der Waals surface area contributed by atoms with Crippen LogP contribution in [0, 0.1) is 34.0 Å². The van der Waals surface area contributed by atoms with Crippen molar-refractivity contribution in [1.82, 2.24) is 0 Å². The normalized spacial score (nSPS) is 34.8. The van der Waals surface area contributed by atoms with Gasteiger partial charge < -0.3 is 24.5 Å². The fraction of sp³-hybridized carbons (Fsp3) is 0.632. The highest BCUT2D eigenvalue weighted by Gasteiger charge is 2.69. The van der Waals surface area contributed by atoms with Gasteiger partial charge in [0.15, 0.2) is 0 Å². The summed E-state index contributed by atoms with van der Waals surface area (Å²) >= 11 is 0. The van der Waals surface area contributed by atoms with Crippen molar-refractivity contribution in [2.75, 3.05) is 19.8 Å². The average molecular weight is 651 g/mol. The van der Waals surface area contributed by atoms with Gasteiger partial charge in [-0.2, -0.15) is 0 Å². The molecule has 0 radical (unpaired) electrons. The van der Waals surface area contributed by atoms with E-state index in [1.54, 1.807) is 0 Å². The molecule has 0 aliphatic heterocycles. The molecule has 2 aromatic carbocycles. The first-order valence-corrected chi connectivity index (χ1v) is 19.0. The van der Waals surface area contributed by atoms with Gasteiger partial charge in [-0.05, 0) is 58.8 Å². The monoisotopic (exact) mass is 650 g/mol. The zero-order valence-corrected chi connectivity index (χ0v) is 29.5. The number of hydrogen-bond acceptors (Lipinski definition) is 7. The second-order valence-electron chi connectivity index (χ2n) is 15.7. The Morgan fingerprint density at radius 2 is 1.59 bits per heavy atom. The van der Waals surface area contributed by atoms with Crippen LogP contribution in [0.3, 0.4) is 0 Å². The Bertz CT molecular complexity index is 1330. The minimum atomic E-state index is -3.02. The molecule has 3 aliphatic rings. The van der Waals surface area contributed by atoms with E-state index < -0.39 is 54.6 Å². The molecule has 0 amide bonds. The van der Waals surface area contributed by atoms with E-state index in [0.717, 1.165) is 16.8 Å². The number of rotatable bonds is 9. The predicted molar refractivity (Wildman–Crippen MR) is 181 cm³/mol. The molecule has 2 aromatic rings. The van der Waals surface area contributed by atoms with Crippen LogP contribution in [0.4, 0.5) is 0 Å². The lowest BCUT2D eigenvalue weighted by atomic mass is 9.43. The number of hydrogen-bond donors (Lipinski definition) is 3. The molecule has 0 aromatic heterocycles. The average Bonchev–Trinajstić information content (AvgIpc) is 3.39. The van der Waals surface area contributed by atoms with Crippen molar-refractivity contribution in [3.63, 3.8) is 0 Å². The van der Waals surface area contributed by atoms with Gasteiger partial charge in [0.05, 0.1) is 12.7 Å². The maximum atomic E-state index is 14.1. The summed E-state index contributed by atoms with van der Waals surface area (Å²) in [4.78, 5) is 28.0. The van der Waals surface area contributed by atoms with Crippen molar-refractivity contribution in [3.8, 4) is 0 Å².